The van der Waals surface area contributed by atoms with Crippen molar-refractivity contribution in [1.82, 2.24) is 9.47 Å². The van der Waals surface area contributed by atoms with E-state index in [0.29, 0.717) is 24.2 Å². The van der Waals surface area contributed by atoms with Crippen LogP contribution in [0.4, 0.5) is 4.39 Å². The quantitative estimate of drug-likeness (QED) is 0.638. The van der Waals surface area contributed by atoms with E-state index < -0.39 is 0 Å². The molecule has 0 N–H and O–H groups in total. The molecule has 0 radical (unpaired) electrons. The van der Waals surface area contributed by atoms with Crippen LogP contribution in [0.1, 0.15) is 45.6 Å². The number of benzene rings is 2. The molecule has 3 aromatic rings. The van der Waals surface area contributed by atoms with Crippen LogP contribution in [0.3, 0.4) is 0 Å². The maximum Gasteiger partial charge on any atom is 0.253 e. The first-order valence-corrected chi connectivity index (χ1v) is 10.8. The first-order chi connectivity index (χ1) is 15.0. The van der Waals surface area contributed by atoms with Gasteiger partial charge in [-0.25, -0.2) is 4.39 Å². The number of aromatic nitrogens is 1. The molecule has 2 aliphatic rings. The van der Waals surface area contributed by atoms with Crippen molar-refractivity contribution < 1.29 is 9.18 Å². The zero-order valence-corrected chi connectivity index (χ0v) is 17.5. The van der Waals surface area contributed by atoms with Gasteiger partial charge in [-0.05, 0) is 61.1 Å². The Balaban J connectivity index is 1.50. The highest BCUT2D eigenvalue weighted by molar-refractivity contribution is 5.94. The van der Waals surface area contributed by atoms with Gasteiger partial charge in [-0.1, -0.05) is 36.4 Å². The second kappa shape index (κ2) is 7.80. The van der Waals surface area contributed by atoms with Gasteiger partial charge in [-0.3, -0.25) is 9.59 Å². The van der Waals surface area contributed by atoms with E-state index in [0.717, 1.165) is 18.5 Å². The maximum atomic E-state index is 13.7. The fraction of sp³-hybridized carbons (Fsp3) is 0.308. The fourth-order valence-electron chi connectivity index (χ4n) is 5.29. The molecule has 158 valence electrons. The van der Waals surface area contributed by atoms with Crippen molar-refractivity contribution in [3.05, 3.63) is 105 Å². The van der Waals surface area contributed by atoms with E-state index >= 15 is 0 Å². The van der Waals surface area contributed by atoms with Crippen LogP contribution < -0.4 is 5.56 Å². The molecule has 0 aliphatic carbocycles. The second-order valence-corrected chi connectivity index (χ2v) is 8.78. The lowest BCUT2D eigenvalue weighted by Crippen LogP contribution is -2.51. The molecule has 5 rings (SSSR count). The van der Waals surface area contributed by atoms with Crippen LogP contribution in [0.5, 0.6) is 0 Å². The number of nitrogens with zero attached hydrogens (tertiary/aromatic N) is 2. The smallest absolute Gasteiger partial charge is 0.253 e. The third kappa shape index (κ3) is 3.58. The number of carbonyl (C=O) groups is 1. The summed E-state index contributed by atoms with van der Waals surface area (Å²) in [7, 11) is 0. The van der Waals surface area contributed by atoms with Crippen molar-refractivity contribution in [2.24, 2.45) is 5.92 Å². The summed E-state index contributed by atoms with van der Waals surface area (Å²) in [6.07, 6.45) is 1.72. The van der Waals surface area contributed by atoms with Gasteiger partial charge in [0.1, 0.15) is 5.82 Å². The molecule has 0 saturated carbocycles. The molecular weight excluding hydrogens is 391 g/mol. The van der Waals surface area contributed by atoms with E-state index in [1.165, 1.54) is 11.6 Å². The summed E-state index contributed by atoms with van der Waals surface area (Å²) in [4.78, 5) is 28.0. The van der Waals surface area contributed by atoms with Crippen molar-refractivity contribution in [3.63, 3.8) is 0 Å². The van der Waals surface area contributed by atoms with E-state index in [1.54, 1.807) is 25.1 Å². The van der Waals surface area contributed by atoms with E-state index in [9.17, 15) is 14.0 Å². The Hall–Kier alpha value is -3.21. The summed E-state index contributed by atoms with van der Waals surface area (Å²) in [5.74, 6) is -0.0477. The highest BCUT2D eigenvalue weighted by Crippen LogP contribution is 2.42. The minimum Gasteiger partial charge on any atom is -0.338 e. The van der Waals surface area contributed by atoms with Gasteiger partial charge in [0.2, 0.25) is 0 Å². The number of piperidine rings is 1. The van der Waals surface area contributed by atoms with Gasteiger partial charge in [-0.15, -0.1) is 0 Å². The number of hydrogen-bond donors (Lipinski definition) is 0. The van der Waals surface area contributed by atoms with Crippen LogP contribution in [-0.4, -0.2) is 28.5 Å². The fourth-order valence-corrected chi connectivity index (χ4v) is 5.29. The summed E-state index contributed by atoms with van der Waals surface area (Å²) in [5.41, 5.74) is 3.22. The predicted molar refractivity (Wildman–Crippen MR) is 118 cm³/mol. The van der Waals surface area contributed by atoms with E-state index in [1.807, 2.05) is 39.8 Å². The van der Waals surface area contributed by atoms with Crippen LogP contribution in [0.2, 0.25) is 0 Å². The third-order valence-corrected chi connectivity index (χ3v) is 6.78. The van der Waals surface area contributed by atoms with Gasteiger partial charge in [0, 0.05) is 42.4 Å². The second-order valence-electron chi connectivity index (χ2n) is 8.78. The molecule has 0 spiro atoms. The number of pyridine rings is 1. The van der Waals surface area contributed by atoms with E-state index in [4.69, 9.17) is 0 Å². The zero-order chi connectivity index (χ0) is 21.5. The van der Waals surface area contributed by atoms with Crippen LogP contribution >= 0.6 is 0 Å². The van der Waals surface area contributed by atoms with Gasteiger partial charge in [0.05, 0.1) is 0 Å². The number of rotatable bonds is 3. The zero-order valence-electron chi connectivity index (χ0n) is 17.5. The molecule has 3 heterocycles. The van der Waals surface area contributed by atoms with Crippen molar-refractivity contribution in [1.29, 1.82) is 0 Å². The van der Waals surface area contributed by atoms with E-state index in [-0.39, 0.29) is 35.2 Å². The van der Waals surface area contributed by atoms with Crippen LogP contribution in [0, 0.1) is 18.7 Å². The van der Waals surface area contributed by atoms with Gasteiger partial charge in [-0.2, -0.15) is 0 Å². The van der Waals surface area contributed by atoms with E-state index in [2.05, 4.69) is 12.1 Å². The van der Waals surface area contributed by atoms with Crippen LogP contribution in [0.15, 0.2) is 71.5 Å². The summed E-state index contributed by atoms with van der Waals surface area (Å²) < 4.78 is 15.7. The Morgan fingerprint density at radius 3 is 2.61 bits per heavy atom. The normalized spacial score (nSPS) is 22.1. The molecule has 2 aliphatic heterocycles. The molecule has 4 nitrogen and oxygen atoms in total. The number of hydrogen-bond acceptors (Lipinski definition) is 2. The summed E-state index contributed by atoms with van der Waals surface area (Å²) >= 11 is 0. The summed E-state index contributed by atoms with van der Waals surface area (Å²) in [5, 5.41) is 0. The van der Waals surface area contributed by atoms with Gasteiger partial charge in [0.25, 0.3) is 11.5 Å². The number of halogens is 1. The summed E-state index contributed by atoms with van der Waals surface area (Å²) in [6.45, 7) is 2.85. The number of amides is 1. The van der Waals surface area contributed by atoms with Gasteiger partial charge < -0.3 is 9.47 Å². The monoisotopic (exact) mass is 416 g/mol. The maximum absolute atomic E-state index is 13.7. The number of carbonyl (C=O) groups excluding carboxylic acids is 1. The summed E-state index contributed by atoms with van der Waals surface area (Å²) in [6, 6.07) is 20.2. The molecule has 2 bridgehead atoms. The van der Waals surface area contributed by atoms with Crippen LogP contribution in [-0.2, 0) is 6.42 Å². The highest BCUT2D eigenvalue weighted by Gasteiger charge is 2.41. The van der Waals surface area contributed by atoms with Crippen molar-refractivity contribution in [3.8, 4) is 0 Å². The molecule has 1 amide bonds. The number of likely N-dealkylation sites (tertiary alicyclic amines) is 1. The largest absolute Gasteiger partial charge is 0.338 e. The van der Waals surface area contributed by atoms with Crippen LogP contribution in [0.25, 0.3) is 0 Å². The first kappa shape index (κ1) is 19.7. The number of fused-ring (bicyclic) bond motifs is 4. The third-order valence-electron chi connectivity index (χ3n) is 6.78. The molecule has 1 aromatic heterocycles. The topological polar surface area (TPSA) is 42.3 Å². The molecule has 5 heteroatoms. The lowest BCUT2D eigenvalue weighted by Gasteiger charge is -2.47. The predicted octanol–water partition coefficient (Wildman–Crippen LogP) is 4.34. The van der Waals surface area contributed by atoms with Crippen molar-refractivity contribution >= 4 is 5.91 Å². The minimum atomic E-state index is -0.303. The Kier molecular flexibility index (Phi) is 4.97. The SMILES string of the molecule is Cc1cc(C(=O)N2C[C@H]3C[C@@H](C2)[C@H](Cc2ccccc2)n2c3cccc2=O)ccc1F. The molecule has 0 unspecified atom stereocenters. The van der Waals surface area contributed by atoms with Crippen molar-refractivity contribution in [2.45, 2.75) is 31.7 Å². The van der Waals surface area contributed by atoms with Crippen molar-refractivity contribution in [2.75, 3.05) is 13.1 Å². The Bertz CT molecular complexity index is 1190. The molecule has 3 atom stereocenters. The highest BCUT2D eigenvalue weighted by atomic mass is 19.1. The van der Waals surface area contributed by atoms with Gasteiger partial charge >= 0.3 is 0 Å². The molecular formula is C26H25FN2O2. The Labute approximate surface area is 180 Å². The Morgan fingerprint density at radius 2 is 1.84 bits per heavy atom. The van der Waals surface area contributed by atoms with Gasteiger partial charge in [0.15, 0.2) is 0 Å². The minimum absolute atomic E-state index is 0.00732. The molecule has 31 heavy (non-hydrogen) atoms. The first-order valence-electron chi connectivity index (χ1n) is 10.8. The molecule has 1 saturated heterocycles. The lowest BCUT2D eigenvalue weighted by atomic mass is 9.76. The molecule has 2 aromatic carbocycles. The number of aryl methyl sites for hydroxylation is 1. The standard InChI is InChI=1S/C26H25FN2O2/c1-17-12-19(10-11-22(17)27)26(31)28-15-20-14-21(16-28)24(13-18-6-3-2-4-7-18)29-23(20)8-5-9-25(29)30/h2-12,20-21,24H,13-16H2,1H3/t20-,21+,24+/m1/s1. The average Bonchev–Trinajstić information content (AvgIpc) is 2.78. The molecule has 1 fully saturated rings. The Morgan fingerprint density at radius 1 is 1.03 bits per heavy atom. The lowest BCUT2D eigenvalue weighted by molar-refractivity contribution is 0.0528. The average molecular weight is 416 g/mol.